The summed E-state index contributed by atoms with van der Waals surface area (Å²) in [7, 11) is 0. The molecule has 3 heterocycles. The molecule has 10 heteroatoms. The number of aromatic nitrogens is 2. The third kappa shape index (κ3) is 4.44. The highest BCUT2D eigenvalue weighted by molar-refractivity contribution is 5.92. The predicted molar refractivity (Wildman–Crippen MR) is 81.5 cm³/mol. The standard InChI is InChI=1S/C16H16F3N3O4/c1-10-3-2-6-22(10)15(23)12-8-25-14(21-12)9-24-11-4-5-13(20-7-11)26-16(17,18)19/h4-5,7-8,10H,2-3,6,9H2,1H3. The molecule has 0 saturated carbocycles. The van der Waals surface area contributed by atoms with Crippen molar-refractivity contribution >= 4 is 5.91 Å². The molecule has 1 aliphatic heterocycles. The number of oxazole rings is 1. The van der Waals surface area contributed by atoms with E-state index in [-0.39, 0.29) is 35.9 Å². The van der Waals surface area contributed by atoms with Crippen LogP contribution in [0.4, 0.5) is 13.2 Å². The zero-order valence-corrected chi connectivity index (χ0v) is 13.8. The highest BCUT2D eigenvalue weighted by Crippen LogP contribution is 2.23. The van der Waals surface area contributed by atoms with Crippen LogP contribution in [0.15, 0.2) is 29.0 Å². The fourth-order valence-electron chi connectivity index (χ4n) is 2.63. The number of nitrogens with zero attached hydrogens (tertiary/aromatic N) is 3. The van der Waals surface area contributed by atoms with Crippen molar-refractivity contribution in [2.45, 2.75) is 38.8 Å². The monoisotopic (exact) mass is 371 g/mol. The molecular weight excluding hydrogens is 355 g/mol. The van der Waals surface area contributed by atoms with Gasteiger partial charge >= 0.3 is 6.36 Å². The quantitative estimate of drug-likeness (QED) is 0.803. The maximum atomic E-state index is 12.3. The molecule has 2 aromatic rings. The number of hydrogen-bond donors (Lipinski definition) is 0. The number of halogens is 3. The van der Waals surface area contributed by atoms with Crippen LogP contribution >= 0.6 is 0 Å². The number of ether oxygens (including phenoxy) is 2. The molecule has 0 aliphatic carbocycles. The Kier molecular flexibility index (Phi) is 5.01. The van der Waals surface area contributed by atoms with Gasteiger partial charge in [0.25, 0.3) is 5.91 Å². The van der Waals surface area contributed by atoms with Crippen molar-refractivity contribution in [3.8, 4) is 11.6 Å². The third-order valence-corrected chi connectivity index (χ3v) is 3.88. The first-order valence-corrected chi connectivity index (χ1v) is 7.92. The van der Waals surface area contributed by atoms with Crippen LogP contribution in [0, 0.1) is 0 Å². The van der Waals surface area contributed by atoms with Crippen LogP contribution in [-0.2, 0) is 6.61 Å². The van der Waals surface area contributed by atoms with Gasteiger partial charge in [-0.3, -0.25) is 4.79 Å². The van der Waals surface area contributed by atoms with E-state index in [2.05, 4.69) is 14.7 Å². The summed E-state index contributed by atoms with van der Waals surface area (Å²) in [5.74, 6) is -0.400. The van der Waals surface area contributed by atoms with E-state index in [1.807, 2.05) is 6.92 Å². The lowest BCUT2D eigenvalue weighted by atomic mass is 10.2. The van der Waals surface area contributed by atoms with Gasteiger partial charge in [0.15, 0.2) is 12.3 Å². The van der Waals surface area contributed by atoms with Crippen LogP contribution < -0.4 is 9.47 Å². The van der Waals surface area contributed by atoms with Crippen LogP contribution in [0.1, 0.15) is 36.1 Å². The summed E-state index contributed by atoms with van der Waals surface area (Å²) in [6.45, 7) is 2.58. The Bertz CT molecular complexity index is 761. The third-order valence-electron chi connectivity index (χ3n) is 3.88. The fraction of sp³-hybridized carbons (Fsp3) is 0.438. The van der Waals surface area contributed by atoms with Crippen molar-refractivity contribution < 1.29 is 31.9 Å². The summed E-state index contributed by atoms with van der Waals surface area (Å²) in [6, 6.07) is 2.47. The van der Waals surface area contributed by atoms with E-state index in [4.69, 9.17) is 9.15 Å². The molecule has 1 aliphatic rings. The van der Waals surface area contributed by atoms with Crippen molar-refractivity contribution in [3.05, 3.63) is 36.2 Å². The first kappa shape index (κ1) is 18.0. The molecule has 1 amide bonds. The number of carbonyl (C=O) groups is 1. The van der Waals surface area contributed by atoms with Gasteiger partial charge in [-0.1, -0.05) is 0 Å². The minimum Gasteiger partial charge on any atom is -0.482 e. The molecule has 0 bridgehead atoms. The average molecular weight is 371 g/mol. The van der Waals surface area contributed by atoms with Crippen molar-refractivity contribution in [2.75, 3.05) is 6.54 Å². The van der Waals surface area contributed by atoms with Gasteiger partial charge in [0.2, 0.25) is 11.8 Å². The van der Waals surface area contributed by atoms with E-state index in [0.717, 1.165) is 25.1 Å². The molecule has 0 radical (unpaired) electrons. The second kappa shape index (κ2) is 7.22. The van der Waals surface area contributed by atoms with E-state index in [0.29, 0.717) is 6.54 Å². The maximum absolute atomic E-state index is 12.3. The van der Waals surface area contributed by atoms with Crippen molar-refractivity contribution in [1.29, 1.82) is 0 Å². The average Bonchev–Trinajstić information content (AvgIpc) is 3.21. The zero-order valence-electron chi connectivity index (χ0n) is 13.8. The van der Waals surface area contributed by atoms with Gasteiger partial charge < -0.3 is 18.8 Å². The van der Waals surface area contributed by atoms with E-state index in [9.17, 15) is 18.0 Å². The zero-order chi connectivity index (χ0) is 18.7. The molecule has 1 fully saturated rings. The Morgan fingerprint density at radius 3 is 2.85 bits per heavy atom. The van der Waals surface area contributed by atoms with Gasteiger partial charge in [0.05, 0.1) is 6.20 Å². The Morgan fingerprint density at radius 1 is 1.42 bits per heavy atom. The summed E-state index contributed by atoms with van der Waals surface area (Å²) in [5, 5.41) is 0. The molecule has 0 aromatic carbocycles. The van der Waals surface area contributed by atoms with Crippen molar-refractivity contribution in [2.24, 2.45) is 0 Å². The normalized spacial score (nSPS) is 17.4. The molecule has 3 rings (SSSR count). The molecule has 7 nitrogen and oxygen atoms in total. The molecule has 1 atom stereocenters. The van der Waals surface area contributed by atoms with Crippen molar-refractivity contribution in [3.63, 3.8) is 0 Å². The fourth-order valence-corrected chi connectivity index (χ4v) is 2.63. The van der Waals surface area contributed by atoms with Crippen LogP contribution in [0.3, 0.4) is 0 Å². The van der Waals surface area contributed by atoms with E-state index < -0.39 is 12.2 Å². The molecular formula is C16H16F3N3O4. The smallest absolute Gasteiger partial charge is 0.482 e. The molecule has 1 unspecified atom stereocenters. The predicted octanol–water partition coefficient (Wildman–Crippen LogP) is 3.17. The van der Waals surface area contributed by atoms with Crippen molar-refractivity contribution in [1.82, 2.24) is 14.9 Å². The molecule has 2 aromatic heterocycles. The first-order chi connectivity index (χ1) is 12.3. The lowest BCUT2D eigenvalue weighted by Gasteiger charge is -2.19. The topological polar surface area (TPSA) is 77.7 Å². The first-order valence-electron chi connectivity index (χ1n) is 7.92. The van der Waals surface area contributed by atoms with Gasteiger partial charge in [-0.05, 0) is 25.8 Å². The maximum Gasteiger partial charge on any atom is 0.574 e. The minimum atomic E-state index is -4.80. The number of pyridine rings is 1. The number of rotatable bonds is 5. The largest absolute Gasteiger partial charge is 0.574 e. The van der Waals surface area contributed by atoms with E-state index in [1.165, 1.54) is 12.3 Å². The summed E-state index contributed by atoms with van der Waals surface area (Å²) in [6.07, 6.45) is -0.530. The highest BCUT2D eigenvalue weighted by Gasteiger charge is 2.31. The lowest BCUT2D eigenvalue weighted by Crippen LogP contribution is -2.33. The highest BCUT2D eigenvalue weighted by atomic mass is 19.4. The summed E-state index contributed by atoms with van der Waals surface area (Å²) in [5.41, 5.74) is 0.199. The van der Waals surface area contributed by atoms with Gasteiger partial charge in [-0.2, -0.15) is 0 Å². The SMILES string of the molecule is CC1CCCN1C(=O)c1coc(COc2ccc(OC(F)(F)F)nc2)n1. The van der Waals surface area contributed by atoms with Gasteiger partial charge in [-0.25, -0.2) is 9.97 Å². The molecule has 1 saturated heterocycles. The molecule has 140 valence electrons. The van der Waals surface area contributed by atoms with Crippen LogP contribution in [0.2, 0.25) is 0 Å². The second-order valence-electron chi connectivity index (χ2n) is 5.78. The number of hydrogen-bond acceptors (Lipinski definition) is 6. The van der Waals surface area contributed by atoms with Crippen LogP contribution in [0.25, 0.3) is 0 Å². The minimum absolute atomic E-state index is 0.0933. The summed E-state index contributed by atoms with van der Waals surface area (Å²) < 4.78 is 50.4. The lowest BCUT2D eigenvalue weighted by molar-refractivity contribution is -0.276. The van der Waals surface area contributed by atoms with Gasteiger partial charge in [-0.15, -0.1) is 13.2 Å². The summed E-state index contributed by atoms with van der Waals surface area (Å²) >= 11 is 0. The molecule has 0 spiro atoms. The Labute approximate surface area is 146 Å². The second-order valence-corrected chi connectivity index (χ2v) is 5.78. The number of carbonyl (C=O) groups excluding carboxylic acids is 1. The Morgan fingerprint density at radius 2 is 2.23 bits per heavy atom. The van der Waals surface area contributed by atoms with Crippen LogP contribution in [-0.4, -0.2) is 39.7 Å². The van der Waals surface area contributed by atoms with Crippen LogP contribution in [0.5, 0.6) is 11.6 Å². The number of alkyl halides is 3. The Hall–Kier alpha value is -2.78. The number of amides is 1. The van der Waals surface area contributed by atoms with E-state index in [1.54, 1.807) is 4.90 Å². The van der Waals surface area contributed by atoms with Gasteiger partial charge in [0, 0.05) is 18.7 Å². The number of likely N-dealkylation sites (tertiary alicyclic amines) is 1. The Balaban J connectivity index is 1.55. The van der Waals surface area contributed by atoms with Gasteiger partial charge in [0.1, 0.15) is 12.0 Å². The van der Waals surface area contributed by atoms with E-state index >= 15 is 0 Å². The summed E-state index contributed by atoms with van der Waals surface area (Å²) in [4.78, 5) is 21.7. The molecule has 26 heavy (non-hydrogen) atoms. The molecule has 0 N–H and O–H groups in total.